The number of hydrogen-bond acceptors (Lipinski definition) is 2. The van der Waals surface area contributed by atoms with Gasteiger partial charge in [-0.15, -0.1) is 0 Å². The molecule has 0 radical (unpaired) electrons. The van der Waals surface area contributed by atoms with E-state index in [4.69, 9.17) is 4.74 Å². The molecule has 0 unspecified atom stereocenters. The third-order valence-electron chi connectivity index (χ3n) is 1.97. The highest BCUT2D eigenvalue weighted by atomic mass is 19.4. The third kappa shape index (κ3) is 3.06. The van der Waals surface area contributed by atoms with Crippen LogP contribution in [0.15, 0.2) is 18.2 Å². The molecule has 1 aromatic rings. The molecule has 0 bridgehead atoms. The summed E-state index contributed by atoms with van der Waals surface area (Å²) >= 11 is 0. The summed E-state index contributed by atoms with van der Waals surface area (Å²) in [6.07, 6.45) is -4.84. The minimum atomic E-state index is -4.84. The number of halogens is 3. The van der Waals surface area contributed by atoms with Crippen LogP contribution in [0.3, 0.4) is 0 Å². The predicted octanol–water partition coefficient (Wildman–Crippen LogP) is 2.89. The number of alkyl halides is 3. The molecule has 16 heavy (non-hydrogen) atoms. The van der Waals surface area contributed by atoms with Crippen molar-refractivity contribution >= 4 is 5.78 Å². The summed E-state index contributed by atoms with van der Waals surface area (Å²) in [5.41, 5.74) is 0.803. The Kier molecular flexibility index (Phi) is 3.70. The van der Waals surface area contributed by atoms with Crippen LogP contribution in [0.5, 0.6) is 0 Å². The smallest absolute Gasteiger partial charge is 0.380 e. The van der Waals surface area contributed by atoms with Gasteiger partial charge in [0.05, 0.1) is 6.61 Å². The number of Topliss-reactive ketones (excluding diaryl/α,β-unsaturated/α-hetero) is 1. The summed E-state index contributed by atoms with van der Waals surface area (Å²) in [4.78, 5) is 11.0. The minimum Gasteiger partial charge on any atom is -0.380 e. The zero-order chi connectivity index (χ0) is 12.3. The van der Waals surface area contributed by atoms with E-state index < -0.39 is 12.0 Å². The molecule has 0 N–H and O–H groups in total. The quantitative estimate of drug-likeness (QED) is 0.749. The topological polar surface area (TPSA) is 26.3 Å². The van der Waals surface area contributed by atoms with E-state index in [-0.39, 0.29) is 12.2 Å². The fraction of sp³-hybridized carbons (Fsp3) is 0.364. The highest BCUT2D eigenvalue weighted by Gasteiger charge is 2.39. The van der Waals surface area contributed by atoms with Crippen molar-refractivity contribution in [2.45, 2.75) is 19.7 Å². The number of benzene rings is 1. The zero-order valence-electron chi connectivity index (χ0n) is 8.89. The van der Waals surface area contributed by atoms with Gasteiger partial charge >= 0.3 is 6.18 Å². The van der Waals surface area contributed by atoms with Crippen molar-refractivity contribution in [2.24, 2.45) is 0 Å². The number of carbonyl (C=O) groups excluding carboxylic acids is 1. The van der Waals surface area contributed by atoms with E-state index in [0.717, 1.165) is 0 Å². The van der Waals surface area contributed by atoms with Crippen LogP contribution in [0.2, 0.25) is 0 Å². The Bertz CT molecular complexity index is 397. The lowest BCUT2D eigenvalue weighted by Gasteiger charge is -2.08. The van der Waals surface area contributed by atoms with Crippen molar-refractivity contribution in [3.8, 4) is 0 Å². The Morgan fingerprint density at radius 3 is 2.44 bits per heavy atom. The molecule has 0 aliphatic rings. The van der Waals surface area contributed by atoms with E-state index in [9.17, 15) is 18.0 Å². The van der Waals surface area contributed by atoms with Crippen LogP contribution in [-0.2, 0) is 11.3 Å². The predicted molar refractivity (Wildman–Crippen MR) is 52.3 cm³/mol. The Labute approximate surface area is 91.0 Å². The van der Waals surface area contributed by atoms with Crippen molar-refractivity contribution in [2.75, 3.05) is 7.11 Å². The summed E-state index contributed by atoms with van der Waals surface area (Å²) in [7, 11) is 1.44. The normalized spacial score (nSPS) is 11.6. The van der Waals surface area contributed by atoms with E-state index in [1.165, 1.54) is 19.2 Å². The highest BCUT2D eigenvalue weighted by molar-refractivity contribution is 6.00. The van der Waals surface area contributed by atoms with Gasteiger partial charge in [0.15, 0.2) is 0 Å². The first kappa shape index (κ1) is 12.7. The second-order valence-corrected chi connectivity index (χ2v) is 3.47. The van der Waals surface area contributed by atoms with Crippen LogP contribution in [-0.4, -0.2) is 19.1 Å². The van der Waals surface area contributed by atoms with Crippen molar-refractivity contribution in [1.29, 1.82) is 0 Å². The fourth-order valence-corrected chi connectivity index (χ4v) is 1.41. The molecule has 0 amide bonds. The van der Waals surface area contributed by atoms with Crippen molar-refractivity contribution < 1.29 is 22.7 Å². The molecular weight excluding hydrogens is 221 g/mol. The molecule has 1 aromatic carbocycles. The molecule has 2 nitrogen and oxygen atoms in total. The molecular formula is C11H11F3O2. The summed E-state index contributed by atoms with van der Waals surface area (Å²) in [5, 5.41) is 0. The lowest BCUT2D eigenvalue weighted by Crippen LogP contribution is -2.23. The molecule has 0 saturated heterocycles. The Morgan fingerprint density at radius 2 is 1.94 bits per heavy atom. The molecule has 88 valence electrons. The molecule has 0 aromatic heterocycles. The van der Waals surface area contributed by atoms with Gasteiger partial charge in [0.25, 0.3) is 5.78 Å². The molecule has 0 atom stereocenters. The summed E-state index contributed by atoms with van der Waals surface area (Å²) in [6.45, 7) is 1.81. The fourth-order valence-electron chi connectivity index (χ4n) is 1.41. The van der Waals surface area contributed by atoms with Crippen LogP contribution >= 0.6 is 0 Å². The Morgan fingerprint density at radius 1 is 1.31 bits per heavy atom. The van der Waals surface area contributed by atoms with Crippen LogP contribution in [0, 0.1) is 6.92 Å². The van der Waals surface area contributed by atoms with Crippen LogP contribution < -0.4 is 0 Å². The average Bonchev–Trinajstić information content (AvgIpc) is 2.14. The van der Waals surface area contributed by atoms with E-state index in [1.54, 1.807) is 13.0 Å². The van der Waals surface area contributed by atoms with Gasteiger partial charge in [-0.05, 0) is 24.6 Å². The maximum atomic E-state index is 12.2. The molecule has 0 aliphatic heterocycles. The first-order valence-corrected chi connectivity index (χ1v) is 4.55. The first-order chi connectivity index (χ1) is 7.34. The Hall–Kier alpha value is -1.36. The molecule has 0 aliphatic carbocycles. The van der Waals surface area contributed by atoms with Crippen molar-refractivity contribution in [3.63, 3.8) is 0 Å². The van der Waals surface area contributed by atoms with Gasteiger partial charge in [0.1, 0.15) is 0 Å². The maximum Gasteiger partial charge on any atom is 0.454 e. The van der Waals surface area contributed by atoms with Gasteiger partial charge in [-0.3, -0.25) is 4.79 Å². The SMILES string of the molecule is COCc1cc(C)cc(C(=O)C(F)(F)F)c1. The number of carbonyl (C=O) groups is 1. The van der Waals surface area contributed by atoms with Gasteiger partial charge in [0.2, 0.25) is 0 Å². The minimum absolute atomic E-state index is 0.180. The summed E-state index contributed by atoms with van der Waals surface area (Å²) in [6, 6.07) is 4.10. The van der Waals surface area contributed by atoms with E-state index >= 15 is 0 Å². The average molecular weight is 232 g/mol. The van der Waals surface area contributed by atoms with E-state index in [0.29, 0.717) is 11.1 Å². The lowest BCUT2D eigenvalue weighted by atomic mass is 10.0. The van der Waals surface area contributed by atoms with Crippen LogP contribution in [0.1, 0.15) is 21.5 Å². The monoisotopic (exact) mass is 232 g/mol. The van der Waals surface area contributed by atoms with Crippen molar-refractivity contribution in [3.05, 3.63) is 34.9 Å². The second-order valence-electron chi connectivity index (χ2n) is 3.47. The second kappa shape index (κ2) is 4.65. The van der Waals surface area contributed by atoms with Crippen LogP contribution in [0.4, 0.5) is 13.2 Å². The van der Waals surface area contributed by atoms with Gasteiger partial charge in [-0.2, -0.15) is 13.2 Å². The van der Waals surface area contributed by atoms with Gasteiger partial charge in [0, 0.05) is 12.7 Å². The largest absolute Gasteiger partial charge is 0.454 e. The van der Waals surface area contributed by atoms with Gasteiger partial charge < -0.3 is 4.74 Å². The molecule has 0 saturated carbocycles. The number of ether oxygens (including phenoxy) is 1. The summed E-state index contributed by atoms with van der Waals surface area (Å²) in [5.74, 6) is -1.83. The van der Waals surface area contributed by atoms with E-state index in [1.807, 2.05) is 0 Å². The summed E-state index contributed by atoms with van der Waals surface area (Å²) < 4.78 is 41.4. The molecule has 0 fully saturated rings. The van der Waals surface area contributed by atoms with Crippen LogP contribution in [0.25, 0.3) is 0 Å². The van der Waals surface area contributed by atoms with E-state index in [2.05, 4.69) is 0 Å². The number of hydrogen-bond donors (Lipinski definition) is 0. The lowest BCUT2D eigenvalue weighted by molar-refractivity contribution is -0.0885. The zero-order valence-corrected chi connectivity index (χ0v) is 8.89. The number of aryl methyl sites for hydroxylation is 1. The maximum absolute atomic E-state index is 12.2. The number of ketones is 1. The molecule has 1 rings (SSSR count). The third-order valence-corrected chi connectivity index (χ3v) is 1.97. The first-order valence-electron chi connectivity index (χ1n) is 4.55. The number of rotatable bonds is 3. The molecule has 0 heterocycles. The highest BCUT2D eigenvalue weighted by Crippen LogP contribution is 2.23. The standard InChI is InChI=1S/C11H11F3O2/c1-7-3-8(6-16-2)5-9(4-7)10(15)11(12,13)14/h3-5H,6H2,1-2H3. The van der Waals surface area contributed by atoms with Gasteiger partial charge in [-0.1, -0.05) is 11.6 Å². The Balaban J connectivity index is 3.10. The molecule has 0 spiro atoms. The molecule has 5 heteroatoms. The van der Waals surface area contributed by atoms with Crippen molar-refractivity contribution in [1.82, 2.24) is 0 Å². The number of methoxy groups -OCH3 is 1. The van der Waals surface area contributed by atoms with Gasteiger partial charge in [-0.25, -0.2) is 0 Å².